The monoisotopic (exact) mass is 427 g/mol. The van der Waals surface area contributed by atoms with Crippen LogP contribution in [0.1, 0.15) is 34.2 Å². The lowest BCUT2D eigenvalue weighted by molar-refractivity contribution is -0.148. The quantitative estimate of drug-likeness (QED) is 0.580. The lowest BCUT2D eigenvalue weighted by atomic mass is 10.2. The third kappa shape index (κ3) is 3.76. The van der Waals surface area contributed by atoms with Crippen molar-refractivity contribution in [3.05, 3.63) is 57.8 Å². The van der Waals surface area contributed by atoms with Crippen LogP contribution in [0.15, 0.2) is 35.2 Å². The first-order valence-corrected chi connectivity index (χ1v) is 9.91. The highest BCUT2D eigenvalue weighted by Crippen LogP contribution is 2.35. The molecule has 2 N–H and O–H groups in total. The van der Waals surface area contributed by atoms with Crippen molar-refractivity contribution in [1.29, 1.82) is 0 Å². The van der Waals surface area contributed by atoms with Crippen molar-refractivity contribution in [3.63, 3.8) is 0 Å². The van der Waals surface area contributed by atoms with Crippen LogP contribution < -0.4 is 5.73 Å². The molecule has 0 unspecified atom stereocenters. The Balaban J connectivity index is 1.94. The van der Waals surface area contributed by atoms with Crippen LogP contribution in [-0.2, 0) is 14.3 Å². The fourth-order valence-corrected chi connectivity index (χ4v) is 4.24. The molecule has 3 rings (SSSR count). The van der Waals surface area contributed by atoms with Gasteiger partial charge in [-0.05, 0) is 74.5 Å². The Hall–Kier alpha value is -3.33. The van der Waals surface area contributed by atoms with Crippen LogP contribution in [0.3, 0.4) is 0 Å². The van der Waals surface area contributed by atoms with Crippen molar-refractivity contribution >= 4 is 40.9 Å². The number of imide groups is 1. The summed E-state index contributed by atoms with van der Waals surface area (Å²) in [5, 5.41) is -0.514. The van der Waals surface area contributed by atoms with E-state index < -0.39 is 29.1 Å². The molecule has 0 bridgehead atoms. The van der Waals surface area contributed by atoms with E-state index in [1.165, 1.54) is 14.0 Å². The van der Waals surface area contributed by atoms with E-state index in [0.29, 0.717) is 5.56 Å². The van der Waals surface area contributed by atoms with E-state index >= 15 is 0 Å². The highest BCUT2D eigenvalue weighted by atomic mass is 32.2. The van der Waals surface area contributed by atoms with Crippen LogP contribution in [0.25, 0.3) is 11.8 Å². The number of aromatic nitrogens is 1. The maximum absolute atomic E-state index is 12.7. The molecule has 2 aromatic rings. The first-order valence-electron chi connectivity index (χ1n) is 9.09. The van der Waals surface area contributed by atoms with E-state index in [1.807, 2.05) is 24.5 Å². The Bertz CT molecular complexity index is 1080. The number of hydrogen-bond acceptors (Lipinski definition) is 6. The molecule has 1 aliphatic rings. The number of amides is 3. The summed E-state index contributed by atoms with van der Waals surface area (Å²) < 4.78 is 6.61. The van der Waals surface area contributed by atoms with E-state index in [2.05, 4.69) is 4.74 Å². The van der Waals surface area contributed by atoms with Gasteiger partial charge in [0.2, 0.25) is 5.91 Å². The minimum Gasteiger partial charge on any atom is -0.467 e. The van der Waals surface area contributed by atoms with Crippen molar-refractivity contribution in [2.24, 2.45) is 5.73 Å². The molecule has 1 saturated heterocycles. The topological polar surface area (TPSA) is 112 Å². The minimum atomic E-state index is -0.996. The van der Waals surface area contributed by atoms with Crippen LogP contribution in [0.4, 0.5) is 4.79 Å². The first kappa shape index (κ1) is 21.4. The number of primary amides is 1. The molecular weight excluding hydrogens is 406 g/mol. The third-order valence-corrected chi connectivity index (χ3v) is 5.80. The Morgan fingerprint density at radius 2 is 1.80 bits per heavy atom. The van der Waals surface area contributed by atoms with Crippen molar-refractivity contribution in [2.45, 2.75) is 26.8 Å². The largest absolute Gasteiger partial charge is 0.467 e. The van der Waals surface area contributed by atoms with E-state index in [1.54, 1.807) is 30.3 Å². The molecule has 156 valence electrons. The normalized spacial score (nSPS) is 16.3. The Morgan fingerprint density at radius 3 is 2.37 bits per heavy atom. The maximum Gasteiger partial charge on any atom is 0.328 e. The average Bonchev–Trinajstić information content (AvgIpc) is 3.15. The van der Waals surface area contributed by atoms with E-state index in [0.717, 1.165) is 39.3 Å². The van der Waals surface area contributed by atoms with E-state index in [4.69, 9.17) is 5.73 Å². The van der Waals surface area contributed by atoms with Crippen LogP contribution in [-0.4, -0.2) is 45.6 Å². The number of esters is 1. The summed E-state index contributed by atoms with van der Waals surface area (Å²) >= 11 is 0.788. The smallest absolute Gasteiger partial charge is 0.328 e. The number of methoxy groups -OCH3 is 1. The van der Waals surface area contributed by atoms with Gasteiger partial charge in [0.05, 0.1) is 12.0 Å². The molecule has 2 heterocycles. The van der Waals surface area contributed by atoms with Crippen molar-refractivity contribution in [2.75, 3.05) is 7.11 Å². The van der Waals surface area contributed by atoms with Gasteiger partial charge in [-0.25, -0.2) is 4.79 Å². The molecule has 0 saturated carbocycles. The number of aryl methyl sites for hydroxylation is 1. The standard InChI is InChI=1S/C21H21N3O5S/c1-11-9-15(12(2)23(11)16-7-5-14(6-8-16)18(22)25)10-17-19(26)24(21(28)30-17)13(3)20(27)29-4/h5-10,13H,1-4H3,(H2,22,25)/b17-10+/t13-/m0/s1. The predicted molar refractivity (Wildman–Crippen MR) is 113 cm³/mol. The van der Waals surface area contributed by atoms with E-state index in [9.17, 15) is 19.2 Å². The van der Waals surface area contributed by atoms with Gasteiger partial charge in [-0.2, -0.15) is 0 Å². The number of carbonyl (C=O) groups excluding carboxylic acids is 4. The zero-order valence-corrected chi connectivity index (χ0v) is 17.8. The average molecular weight is 427 g/mol. The van der Waals surface area contributed by atoms with Crippen molar-refractivity contribution in [1.82, 2.24) is 9.47 Å². The molecule has 1 aromatic heterocycles. The molecule has 0 spiro atoms. The van der Waals surface area contributed by atoms with Gasteiger partial charge < -0.3 is 15.0 Å². The highest BCUT2D eigenvalue weighted by molar-refractivity contribution is 8.18. The number of nitrogens with two attached hydrogens (primary N) is 1. The molecule has 1 atom stereocenters. The Labute approximate surface area is 177 Å². The van der Waals surface area contributed by atoms with Crippen molar-refractivity contribution < 1.29 is 23.9 Å². The molecule has 0 aliphatic carbocycles. The fraction of sp³-hybridized carbons (Fsp3) is 0.238. The second kappa shape index (κ2) is 8.19. The minimum absolute atomic E-state index is 0.236. The van der Waals surface area contributed by atoms with E-state index in [-0.39, 0.29) is 4.91 Å². The van der Waals surface area contributed by atoms with Gasteiger partial charge in [0.25, 0.3) is 11.1 Å². The predicted octanol–water partition coefficient (Wildman–Crippen LogP) is 2.79. The molecule has 1 aromatic carbocycles. The van der Waals surface area contributed by atoms with Crippen LogP contribution in [0.2, 0.25) is 0 Å². The number of carbonyl (C=O) groups is 4. The highest BCUT2D eigenvalue weighted by Gasteiger charge is 2.41. The number of thioether (sulfide) groups is 1. The second-order valence-corrected chi connectivity index (χ2v) is 7.82. The molecular formula is C21H21N3O5S. The molecule has 9 heteroatoms. The van der Waals surface area contributed by atoms with Crippen molar-refractivity contribution in [3.8, 4) is 5.69 Å². The maximum atomic E-state index is 12.7. The van der Waals surface area contributed by atoms with Crippen LogP contribution >= 0.6 is 11.8 Å². The summed E-state index contributed by atoms with van der Waals surface area (Å²) in [6.45, 7) is 5.26. The number of ether oxygens (including phenoxy) is 1. The SMILES string of the molecule is COC(=O)[C@H](C)N1C(=O)S/C(=C/c2cc(C)n(-c3ccc(C(N)=O)cc3)c2C)C1=O. The Morgan fingerprint density at radius 1 is 1.17 bits per heavy atom. The fourth-order valence-electron chi connectivity index (χ4n) is 3.34. The third-order valence-electron chi connectivity index (χ3n) is 4.92. The summed E-state index contributed by atoms with van der Waals surface area (Å²) in [4.78, 5) is 49.2. The van der Waals surface area contributed by atoms with Gasteiger partial charge >= 0.3 is 5.97 Å². The zero-order chi connectivity index (χ0) is 22.2. The first-order chi connectivity index (χ1) is 14.1. The second-order valence-electron chi connectivity index (χ2n) is 6.82. The number of hydrogen-bond donors (Lipinski definition) is 1. The van der Waals surface area contributed by atoms with Gasteiger partial charge in [0.1, 0.15) is 6.04 Å². The molecule has 3 amide bonds. The lowest BCUT2D eigenvalue weighted by Crippen LogP contribution is -2.42. The van der Waals surface area contributed by atoms with Gasteiger partial charge in [-0.15, -0.1) is 0 Å². The molecule has 0 radical (unpaired) electrons. The summed E-state index contributed by atoms with van der Waals surface area (Å²) in [7, 11) is 1.21. The number of benzene rings is 1. The lowest BCUT2D eigenvalue weighted by Gasteiger charge is -2.18. The van der Waals surface area contributed by atoms with Crippen LogP contribution in [0.5, 0.6) is 0 Å². The number of nitrogens with zero attached hydrogens (tertiary/aromatic N) is 2. The summed E-state index contributed by atoms with van der Waals surface area (Å²) in [6, 6.07) is 7.77. The summed E-state index contributed by atoms with van der Waals surface area (Å²) in [6.07, 6.45) is 1.64. The summed E-state index contributed by atoms with van der Waals surface area (Å²) in [5.41, 5.74) is 9.07. The van der Waals surface area contributed by atoms with Gasteiger partial charge in [-0.1, -0.05) is 0 Å². The molecule has 8 nitrogen and oxygen atoms in total. The number of rotatable bonds is 5. The van der Waals surface area contributed by atoms with Crippen LogP contribution in [0, 0.1) is 13.8 Å². The molecule has 30 heavy (non-hydrogen) atoms. The Kier molecular flexibility index (Phi) is 5.84. The van der Waals surface area contributed by atoms with Gasteiger partial charge in [0.15, 0.2) is 0 Å². The summed E-state index contributed by atoms with van der Waals surface area (Å²) in [5.74, 6) is -1.69. The molecule has 1 aliphatic heterocycles. The van der Waals surface area contributed by atoms with Gasteiger partial charge in [0, 0.05) is 22.6 Å². The molecule has 1 fully saturated rings. The van der Waals surface area contributed by atoms with Gasteiger partial charge in [-0.3, -0.25) is 19.3 Å². The zero-order valence-electron chi connectivity index (χ0n) is 17.0.